The van der Waals surface area contributed by atoms with Gasteiger partial charge in [-0.3, -0.25) is 4.79 Å². The molecule has 0 bridgehead atoms. The van der Waals surface area contributed by atoms with Crippen molar-refractivity contribution in [3.8, 4) is 0 Å². The van der Waals surface area contributed by atoms with Gasteiger partial charge in [-0.15, -0.1) is 0 Å². The van der Waals surface area contributed by atoms with Gasteiger partial charge in [0.2, 0.25) is 15.9 Å². The van der Waals surface area contributed by atoms with Gasteiger partial charge in [-0.25, -0.2) is 8.42 Å². The van der Waals surface area contributed by atoms with Gasteiger partial charge in [0.15, 0.2) is 0 Å². The van der Waals surface area contributed by atoms with Crippen molar-refractivity contribution in [2.75, 3.05) is 44.7 Å². The largest absolute Gasteiger partial charge is 0.365 e. The zero-order valence-electron chi connectivity index (χ0n) is 15.1. The second-order valence-corrected chi connectivity index (χ2v) is 8.72. The molecular formula is C19H22ClN3O3S. The Morgan fingerprint density at radius 2 is 1.59 bits per heavy atom. The first-order chi connectivity index (χ1) is 12.9. The first kappa shape index (κ1) is 19.7. The molecule has 0 atom stereocenters. The molecule has 1 aliphatic rings. The summed E-state index contributed by atoms with van der Waals surface area (Å²) in [5.74, 6) is -0.0175. The van der Waals surface area contributed by atoms with Gasteiger partial charge in [0.25, 0.3) is 0 Å². The highest BCUT2D eigenvalue weighted by atomic mass is 35.5. The molecule has 27 heavy (non-hydrogen) atoms. The van der Waals surface area contributed by atoms with Crippen LogP contribution in [0.15, 0.2) is 59.5 Å². The maximum Gasteiger partial charge on any atom is 0.244 e. The Labute approximate surface area is 165 Å². The number of likely N-dealkylation sites (N-methyl/N-ethyl adjacent to an activating group) is 1. The third-order valence-corrected chi connectivity index (χ3v) is 7.01. The molecule has 0 aliphatic carbocycles. The highest BCUT2D eigenvalue weighted by molar-refractivity contribution is 7.89. The lowest BCUT2D eigenvalue weighted by Crippen LogP contribution is -2.52. The van der Waals surface area contributed by atoms with Crippen LogP contribution in [0.4, 0.5) is 5.69 Å². The summed E-state index contributed by atoms with van der Waals surface area (Å²) in [4.78, 5) is 16.3. The zero-order chi connectivity index (χ0) is 19.4. The second kappa shape index (κ2) is 8.29. The molecule has 0 N–H and O–H groups in total. The summed E-state index contributed by atoms with van der Waals surface area (Å²) in [6.45, 7) is 1.50. The molecule has 1 saturated heterocycles. The van der Waals surface area contributed by atoms with E-state index in [-0.39, 0.29) is 35.5 Å². The van der Waals surface area contributed by atoms with E-state index in [0.717, 1.165) is 5.69 Å². The highest BCUT2D eigenvalue weighted by Crippen LogP contribution is 2.25. The van der Waals surface area contributed by atoms with Crippen molar-refractivity contribution in [3.63, 3.8) is 0 Å². The van der Waals surface area contributed by atoms with E-state index < -0.39 is 10.0 Å². The highest BCUT2D eigenvalue weighted by Gasteiger charge is 2.31. The fourth-order valence-electron chi connectivity index (χ4n) is 3.05. The van der Waals surface area contributed by atoms with Crippen molar-refractivity contribution < 1.29 is 13.2 Å². The van der Waals surface area contributed by atoms with Gasteiger partial charge in [0.1, 0.15) is 4.90 Å². The number of hydrogen-bond acceptors (Lipinski definition) is 4. The van der Waals surface area contributed by atoms with Crippen LogP contribution in [0.25, 0.3) is 0 Å². The number of halogens is 1. The molecule has 1 fully saturated rings. The Morgan fingerprint density at radius 1 is 1.00 bits per heavy atom. The van der Waals surface area contributed by atoms with E-state index in [4.69, 9.17) is 11.6 Å². The minimum atomic E-state index is -3.65. The second-order valence-electron chi connectivity index (χ2n) is 6.41. The molecule has 1 amide bonds. The van der Waals surface area contributed by atoms with E-state index >= 15 is 0 Å². The van der Waals surface area contributed by atoms with Crippen LogP contribution in [-0.2, 0) is 14.8 Å². The average molecular weight is 408 g/mol. The number of para-hydroxylation sites is 1. The molecule has 6 nitrogen and oxygen atoms in total. The first-order valence-electron chi connectivity index (χ1n) is 8.68. The Hall–Kier alpha value is -2.09. The Balaban J connectivity index is 1.60. The van der Waals surface area contributed by atoms with Crippen LogP contribution in [0.5, 0.6) is 0 Å². The third kappa shape index (κ3) is 4.43. The van der Waals surface area contributed by atoms with Gasteiger partial charge in [-0.05, 0) is 24.3 Å². The third-order valence-electron chi connectivity index (χ3n) is 4.62. The molecule has 0 saturated carbocycles. The minimum absolute atomic E-state index is 0.0175. The number of sulfonamides is 1. The van der Waals surface area contributed by atoms with E-state index in [0.29, 0.717) is 13.1 Å². The van der Waals surface area contributed by atoms with E-state index in [1.165, 1.54) is 10.4 Å². The van der Waals surface area contributed by atoms with Crippen molar-refractivity contribution >= 4 is 33.2 Å². The smallest absolute Gasteiger partial charge is 0.244 e. The fourth-order valence-corrected chi connectivity index (χ4v) is 4.96. The Kier molecular flexibility index (Phi) is 6.04. The summed E-state index contributed by atoms with van der Waals surface area (Å²) in [6, 6.07) is 16.1. The maximum atomic E-state index is 12.8. The van der Waals surface area contributed by atoms with Crippen LogP contribution in [0.2, 0.25) is 5.02 Å². The summed E-state index contributed by atoms with van der Waals surface area (Å²) < 4.78 is 26.9. The van der Waals surface area contributed by atoms with Crippen LogP contribution >= 0.6 is 11.6 Å². The summed E-state index contributed by atoms with van der Waals surface area (Å²) in [5, 5.41) is 0.209. The number of benzene rings is 2. The van der Waals surface area contributed by atoms with Crippen LogP contribution in [0, 0.1) is 0 Å². The number of nitrogens with zero attached hydrogens (tertiary/aromatic N) is 3. The van der Waals surface area contributed by atoms with E-state index in [1.807, 2.05) is 42.3 Å². The van der Waals surface area contributed by atoms with Gasteiger partial charge in [-0.1, -0.05) is 41.9 Å². The Morgan fingerprint density at radius 3 is 2.22 bits per heavy atom. The first-order valence-corrected chi connectivity index (χ1v) is 10.5. The summed E-state index contributed by atoms with van der Waals surface area (Å²) >= 11 is 6.05. The predicted octanol–water partition coefficient (Wildman–Crippen LogP) is 2.31. The summed E-state index contributed by atoms with van der Waals surface area (Å²) in [5.41, 5.74) is 0.964. The van der Waals surface area contributed by atoms with Crippen molar-refractivity contribution in [2.45, 2.75) is 4.90 Å². The number of amides is 1. The standard InChI is InChI=1S/C19H22ClN3O3S/c1-21(16-7-3-2-4-8-16)15-19(24)22-11-13-23(14-12-22)27(25,26)18-10-6-5-9-17(18)20/h2-10H,11-15H2,1H3. The van der Waals surface area contributed by atoms with Crippen LogP contribution in [0.1, 0.15) is 0 Å². The number of carbonyl (C=O) groups excluding carboxylic acids is 1. The van der Waals surface area contributed by atoms with Crippen LogP contribution < -0.4 is 4.90 Å². The van der Waals surface area contributed by atoms with E-state index in [1.54, 1.807) is 23.1 Å². The molecule has 0 unspecified atom stereocenters. The molecule has 0 radical (unpaired) electrons. The Bertz CT molecular complexity index is 897. The quantitative estimate of drug-likeness (QED) is 0.763. The summed E-state index contributed by atoms with van der Waals surface area (Å²) in [7, 11) is -1.79. The number of rotatable bonds is 5. The van der Waals surface area contributed by atoms with Gasteiger partial charge >= 0.3 is 0 Å². The molecular weight excluding hydrogens is 386 g/mol. The monoisotopic (exact) mass is 407 g/mol. The number of hydrogen-bond donors (Lipinski definition) is 0. The fraction of sp³-hybridized carbons (Fsp3) is 0.316. The average Bonchev–Trinajstić information content (AvgIpc) is 2.69. The van der Waals surface area contributed by atoms with Gasteiger partial charge < -0.3 is 9.80 Å². The molecule has 1 heterocycles. The van der Waals surface area contributed by atoms with Gasteiger partial charge in [0, 0.05) is 38.9 Å². The lowest BCUT2D eigenvalue weighted by Gasteiger charge is -2.35. The molecule has 2 aromatic carbocycles. The molecule has 144 valence electrons. The normalized spacial score (nSPS) is 15.6. The number of anilines is 1. The minimum Gasteiger partial charge on any atom is -0.365 e. The van der Waals surface area contributed by atoms with Crippen molar-refractivity contribution in [2.24, 2.45) is 0 Å². The van der Waals surface area contributed by atoms with Crippen LogP contribution in [-0.4, -0.2) is 63.3 Å². The lowest BCUT2D eigenvalue weighted by atomic mass is 10.3. The lowest BCUT2D eigenvalue weighted by molar-refractivity contribution is -0.130. The van der Waals surface area contributed by atoms with Crippen LogP contribution in [0.3, 0.4) is 0 Å². The van der Waals surface area contributed by atoms with Crippen molar-refractivity contribution in [3.05, 3.63) is 59.6 Å². The molecule has 8 heteroatoms. The summed E-state index contributed by atoms with van der Waals surface area (Å²) in [6.07, 6.45) is 0. The molecule has 3 rings (SSSR count). The van der Waals surface area contributed by atoms with Gasteiger partial charge in [0.05, 0.1) is 11.6 Å². The van der Waals surface area contributed by atoms with Crippen molar-refractivity contribution in [1.29, 1.82) is 0 Å². The maximum absolute atomic E-state index is 12.8. The van der Waals surface area contributed by atoms with E-state index in [9.17, 15) is 13.2 Å². The molecule has 0 spiro atoms. The van der Waals surface area contributed by atoms with E-state index in [2.05, 4.69) is 0 Å². The SMILES string of the molecule is CN(CC(=O)N1CCN(S(=O)(=O)c2ccccc2Cl)CC1)c1ccccc1. The topological polar surface area (TPSA) is 60.9 Å². The number of carbonyl (C=O) groups is 1. The predicted molar refractivity (Wildman–Crippen MR) is 107 cm³/mol. The molecule has 0 aromatic heterocycles. The van der Waals surface area contributed by atoms with Crippen molar-refractivity contribution in [1.82, 2.24) is 9.21 Å². The molecule has 1 aliphatic heterocycles. The molecule has 2 aromatic rings. The number of piperazine rings is 1. The van der Waals surface area contributed by atoms with Gasteiger partial charge in [-0.2, -0.15) is 4.31 Å². The zero-order valence-corrected chi connectivity index (χ0v) is 16.7.